The summed E-state index contributed by atoms with van der Waals surface area (Å²) in [6.07, 6.45) is 4.03. The molecule has 2 aromatic rings. The van der Waals surface area contributed by atoms with Crippen molar-refractivity contribution >= 4 is 29.2 Å². The number of carbonyl (C=O) groups excluding carboxylic acids is 1. The van der Waals surface area contributed by atoms with Gasteiger partial charge < -0.3 is 4.74 Å². The van der Waals surface area contributed by atoms with Crippen molar-refractivity contribution in [2.45, 2.75) is 46.1 Å². The molecule has 0 aliphatic carbocycles. The maximum absolute atomic E-state index is 12.3. The van der Waals surface area contributed by atoms with Crippen molar-refractivity contribution < 1.29 is 9.53 Å². The zero-order valence-corrected chi connectivity index (χ0v) is 15.9. The van der Waals surface area contributed by atoms with E-state index in [-0.39, 0.29) is 17.0 Å². The fraction of sp³-hybridized carbons (Fsp3) is 0.471. The van der Waals surface area contributed by atoms with Gasteiger partial charge in [-0.3, -0.25) is 15.4 Å². The quantitative estimate of drug-likeness (QED) is 0.513. The van der Waals surface area contributed by atoms with Gasteiger partial charge in [-0.1, -0.05) is 37.9 Å². The number of tetrazole rings is 1. The van der Waals surface area contributed by atoms with Crippen LogP contribution in [0.25, 0.3) is 0 Å². The minimum absolute atomic E-state index is 0.113. The number of amides is 1. The third-order valence-electron chi connectivity index (χ3n) is 3.48. The number of anilines is 1. The van der Waals surface area contributed by atoms with Gasteiger partial charge in [0.05, 0.1) is 13.2 Å². The second-order valence-corrected chi connectivity index (χ2v) is 6.11. The summed E-state index contributed by atoms with van der Waals surface area (Å²) in [5.74, 6) is 0.579. The average molecular weight is 376 g/mol. The molecule has 1 aromatic carbocycles. The zero-order chi connectivity index (χ0) is 18.8. The van der Waals surface area contributed by atoms with Gasteiger partial charge in [0, 0.05) is 5.56 Å². The number of nitrogens with zero attached hydrogens (tertiary/aromatic N) is 4. The monoisotopic (exact) mass is 376 g/mol. The summed E-state index contributed by atoms with van der Waals surface area (Å²) in [7, 11) is 0. The molecule has 1 amide bonds. The molecule has 0 saturated carbocycles. The summed E-state index contributed by atoms with van der Waals surface area (Å²) in [6, 6.07) is 6.98. The van der Waals surface area contributed by atoms with E-state index in [1.807, 2.05) is 6.07 Å². The molecule has 0 bridgehead atoms. The van der Waals surface area contributed by atoms with Crippen LogP contribution in [0, 0.1) is 0 Å². The molecule has 0 fully saturated rings. The highest BCUT2D eigenvalue weighted by molar-refractivity contribution is 7.80. The summed E-state index contributed by atoms with van der Waals surface area (Å²) in [5.41, 5.74) is 0.461. The van der Waals surface area contributed by atoms with Gasteiger partial charge in [-0.05, 0) is 48.5 Å². The van der Waals surface area contributed by atoms with E-state index in [9.17, 15) is 4.79 Å². The molecule has 0 aliphatic rings. The van der Waals surface area contributed by atoms with Crippen molar-refractivity contribution in [1.82, 2.24) is 25.5 Å². The van der Waals surface area contributed by atoms with Crippen LogP contribution in [-0.2, 0) is 6.54 Å². The number of ether oxygens (including phenoxy) is 1. The van der Waals surface area contributed by atoms with E-state index in [0.29, 0.717) is 24.5 Å². The summed E-state index contributed by atoms with van der Waals surface area (Å²) >= 11 is 5.14. The van der Waals surface area contributed by atoms with Gasteiger partial charge in [0.2, 0.25) is 0 Å². The topological polar surface area (TPSA) is 94.0 Å². The Kier molecular flexibility index (Phi) is 7.94. The number of hydrogen-bond donors (Lipinski definition) is 2. The van der Waals surface area contributed by atoms with Gasteiger partial charge in [0.25, 0.3) is 11.9 Å². The number of carbonyl (C=O) groups is 1. The molecule has 1 aromatic heterocycles. The van der Waals surface area contributed by atoms with Gasteiger partial charge in [-0.2, -0.15) is 4.80 Å². The molecule has 1 heterocycles. The standard InChI is InChI=1S/C17H24N6O2S/c1-3-5-10-23-21-16(20-22-23)19-17(26)18-15(24)13-8-7-9-14(12-13)25-11-6-4-2/h7-9,12H,3-6,10-11H2,1-2H3,(H2,18,19,21,24,26). The van der Waals surface area contributed by atoms with E-state index >= 15 is 0 Å². The molecular formula is C17H24N6O2S. The maximum atomic E-state index is 12.3. The molecule has 0 saturated heterocycles. The van der Waals surface area contributed by atoms with Crippen LogP contribution in [0.1, 0.15) is 49.9 Å². The minimum atomic E-state index is -0.332. The Morgan fingerprint density at radius 2 is 2.08 bits per heavy atom. The molecule has 140 valence electrons. The number of unbranched alkanes of at least 4 members (excludes halogenated alkanes) is 2. The van der Waals surface area contributed by atoms with Crippen LogP contribution >= 0.6 is 12.2 Å². The first-order valence-corrected chi connectivity index (χ1v) is 9.16. The van der Waals surface area contributed by atoms with Gasteiger partial charge in [0.1, 0.15) is 5.75 Å². The van der Waals surface area contributed by atoms with Crippen LogP contribution in [-0.4, -0.2) is 37.8 Å². The number of thiocarbonyl (C=S) groups is 1. The number of benzene rings is 1. The van der Waals surface area contributed by atoms with Crippen molar-refractivity contribution in [2.24, 2.45) is 0 Å². The highest BCUT2D eigenvalue weighted by Crippen LogP contribution is 2.14. The fourth-order valence-corrected chi connectivity index (χ4v) is 2.24. The number of nitrogens with one attached hydrogen (secondary N) is 2. The Hall–Kier alpha value is -2.55. The molecule has 0 unspecified atom stereocenters. The summed E-state index contributed by atoms with van der Waals surface area (Å²) < 4.78 is 5.61. The summed E-state index contributed by atoms with van der Waals surface area (Å²) in [5, 5.41) is 17.4. The molecule has 0 radical (unpaired) electrons. The lowest BCUT2D eigenvalue weighted by molar-refractivity contribution is 0.0977. The third kappa shape index (κ3) is 6.40. The molecule has 26 heavy (non-hydrogen) atoms. The van der Waals surface area contributed by atoms with Gasteiger partial charge in [-0.15, -0.1) is 5.10 Å². The van der Waals surface area contributed by atoms with E-state index in [4.69, 9.17) is 17.0 Å². The first-order chi connectivity index (χ1) is 12.6. The first kappa shape index (κ1) is 19.8. The smallest absolute Gasteiger partial charge is 0.269 e. The fourth-order valence-electron chi connectivity index (χ4n) is 2.06. The molecule has 0 atom stereocenters. The predicted octanol–water partition coefficient (Wildman–Crippen LogP) is 2.78. The largest absolute Gasteiger partial charge is 0.494 e. The third-order valence-corrected chi connectivity index (χ3v) is 3.68. The van der Waals surface area contributed by atoms with Crippen LogP contribution < -0.4 is 15.4 Å². The van der Waals surface area contributed by atoms with Gasteiger partial charge in [-0.25, -0.2) is 0 Å². The molecule has 0 aliphatic heterocycles. The lowest BCUT2D eigenvalue weighted by Crippen LogP contribution is -2.34. The Morgan fingerprint density at radius 1 is 1.27 bits per heavy atom. The van der Waals surface area contributed by atoms with Crippen molar-refractivity contribution in [1.29, 1.82) is 0 Å². The SMILES string of the molecule is CCCCOc1cccc(C(=O)NC(=S)Nc2nnn(CCCC)n2)c1. The normalized spacial score (nSPS) is 10.4. The number of aromatic nitrogens is 4. The number of aryl methyl sites for hydroxylation is 1. The Labute approximate surface area is 158 Å². The highest BCUT2D eigenvalue weighted by Gasteiger charge is 2.11. The number of rotatable bonds is 9. The zero-order valence-electron chi connectivity index (χ0n) is 15.1. The Morgan fingerprint density at radius 3 is 2.85 bits per heavy atom. The van der Waals surface area contributed by atoms with E-state index < -0.39 is 0 Å². The molecule has 2 rings (SSSR count). The van der Waals surface area contributed by atoms with Crippen LogP contribution in [0.3, 0.4) is 0 Å². The van der Waals surface area contributed by atoms with Crippen LogP contribution in [0.2, 0.25) is 0 Å². The van der Waals surface area contributed by atoms with Gasteiger partial charge >= 0.3 is 0 Å². The lowest BCUT2D eigenvalue weighted by atomic mass is 10.2. The van der Waals surface area contributed by atoms with Crippen LogP contribution in [0.15, 0.2) is 24.3 Å². The van der Waals surface area contributed by atoms with Crippen molar-refractivity contribution in [3.05, 3.63) is 29.8 Å². The minimum Gasteiger partial charge on any atom is -0.494 e. The molecule has 0 spiro atoms. The van der Waals surface area contributed by atoms with Crippen LogP contribution in [0.4, 0.5) is 5.95 Å². The highest BCUT2D eigenvalue weighted by atomic mass is 32.1. The lowest BCUT2D eigenvalue weighted by Gasteiger charge is -2.09. The van der Waals surface area contributed by atoms with E-state index in [2.05, 4.69) is 39.9 Å². The van der Waals surface area contributed by atoms with Crippen molar-refractivity contribution in [2.75, 3.05) is 11.9 Å². The second kappa shape index (κ2) is 10.4. The van der Waals surface area contributed by atoms with E-state index in [1.165, 1.54) is 4.80 Å². The summed E-state index contributed by atoms with van der Waals surface area (Å²) in [6.45, 7) is 5.50. The second-order valence-electron chi connectivity index (χ2n) is 5.70. The van der Waals surface area contributed by atoms with Crippen molar-refractivity contribution in [3.63, 3.8) is 0 Å². The van der Waals surface area contributed by atoms with Crippen LogP contribution in [0.5, 0.6) is 5.75 Å². The predicted molar refractivity (Wildman–Crippen MR) is 103 cm³/mol. The van der Waals surface area contributed by atoms with Crippen molar-refractivity contribution in [3.8, 4) is 5.75 Å². The summed E-state index contributed by atoms with van der Waals surface area (Å²) in [4.78, 5) is 13.8. The van der Waals surface area contributed by atoms with Gasteiger partial charge in [0.15, 0.2) is 5.11 Å². The molecule has 9 heteroatoms. The maximum Gasteiger partial charge on any atom is 0.269 e. The van der Waals surface area contributed by atoms with E-state index in [0.717, 1.165) is 25.7 Å². The Balaban J connectivity index is 1.87. The average Bonchev–Trinajstić information content (AvgIpc) is 3.07. The molecular weight excluding hydrogens is 352 g/mol. The molecule has 8 nitrogen and oxygen atoms in total. The first-order valence-electron chi connectivity index (χ1n) is 8.75. The molecule has 2 N–H and O–H groups in total. The Bertz CT molecular complexity index is 734. The van der Waals surface area contributed by atoms with E-state index in [1.54, 1.807) is 18.2 Å². The number of hydrogen-bond acceptors (Lipinski definition) is 6.